The Morgan fingerprint density at radius 2 is 1.79 bits per heavy atom. The number of anilines is 2. The molecule has 8 heteroatoms. The number of nitrogens with zero attached hydrogens (tertiary/aromatic N) is 1. The highest BCUT2D eigenvalue weighted by atomic mass is 32.2. The van der Waals surface area contributed by atoms with E-state index in [1.807, 2.05) is 39.0 Å². The molecule has 0 atom stereocenters. The van der Waals surface area contributed by atoms with Gasteiger partial charge in [-0.1, -0.05) is 19.1 Å². The van der Waals surface area contributed by atoms with Crippen molar-refractivity contribution in [2.75, 3.05) is 28.2 Å². The Morgan fingerprint density at radius 1 is 1.14 bits per heavy atom. The third-order valence-corrected chi connectivity index (χ3v) is 5.74. The first kappa shape index (κ1) is 22.1. The summed E-state index contributed by atoms with van der Waals surface area (Å²) in [5.74, 6) is 1.10. The molecule has 0 heterocycles. The average Bonchev–Trinajstić information content (AvgIpc) is 2.61. The predicted octanol–water partition coefficient (Wildman–Crippen LogP) is 3.99. The van der Waals surface area contributed by atoms with Crippen LogP contribution in [0.2, 0.25) is 0 Å². The average molecular weight is 423 g/mol. The molecule has 1 N–H and O–H groups in total. The first-order chi connectivity index (χ1) is 13.2. The highest BCUT2D eigenvalue weighted by Gasteiger charge is 2.21. The van der Waals surface area contributed by atoms with E-state index >= 15 is 0 Å². The van der Waals surface area contributed by atoms with Crippen LogP contribution in [0.4, 0.5) is 11.4 Å². The number of nitrogens with one attached hydrogen (secondary N) is 1. The lowest BCUT2D eigenvalue weighted by Gasteiger charge is -2.22. The van der Waals surface area contributed by atoms with Crippen LogP contribution in [0.25, 0.3) is 0 Å². The van der Waals surface area contributed by atoms with Gasteiger partial charge in [0, 0.05) is 4.90 Å². The van der Waals surface area contributed by atoms with Crippen LogP contribution in [0, 0.1) is 0 Å². The Labute approximate surface area is 171 Å². The van der Waals surface area contributed by atoms with Gasteiger partial charge in [0.15, 0.2) is 0 Å². The molecule has 2 rings (SSSR count). The monoisotopic (exact) mass is 422 g/mol. The molecule has 0 aliphatic carbocycles. The number of amides is 1. The summed E-state index contributed by atoms with van der Waals surface area (Å²) >= 11 is 1.61. The van der Waals surface area contributed by atoms with Crippen molar-refractivity contribution in [2.45, 2.75) is 31.8 Å². The van der Waals surface area contributed by atoms with Crippen molar-refractivity contribution in [1.82, 2.24) is 0 Å². The Morgan fingerprint density at radius 3 is 2.36 bits per heavy atom. The third-order valence-electron chi connectivity index (χ3n) is 3.65. The van der Waals surface area contributed by atoms with Crippen LogP contribution in [0.1, 0.15) is 20.8 Å². The number of benzene rings is 2. The Bertz CT molecular complexity index is 897. The number of hydrogen-bond acceptors (Lipinski definition) is 5. The Balaban J connectivity index is 2.18. The Kier molecular flexibility index (Phi) is 7.77. The fraction of sp³-hybridized carbons (Fsp3) is 0.350. The summed E-state index contributed by atoms with van der Waals surface area (Å²) in [6.07, 6.45) is 1.10. The van der Waals surface area contributed by atoms with Crippen LogP contribution in [0.15, 0.2) is 53.4 Å². The smallest absolute Gasteiger partial charge is 0.245 e. The molecule has 0 spiro atoms. The molecule has 1 amide bonds. The lowest BCUT2D eigenvalue weighted by molar-refractivity contribution is -0.114. The largest absolute Gasteiger partial charge is 0.491 e. The first-order valence-corrected chi connectivity index (χ1v) is 11.8. The van der Waals surface area contributed by atoms with E-state index in [4.69, 9.17) is 4.74 Å². The van der Waals surface area contributed by atoms with E-state index in [1.54, 1.807) is 42.1 Å². The fourth-order valence-corrected chi connectivity index (χ4v) is 4.15. The van der Waals surface area contributed by atoms with Crippen molar-refractivity contribution in [3.8, 4) is 5.75 Å². The molecule has 0 fully saturated rings. The van der Waals surface area contributed by atoms with Crippen molar-refractivity contribution in [3.63, 3.8) is 0 Å². The zero-order chi connectivity index (χ0) is 20.7. The fourth-order valence-electron chi connectivity index (χ4n) is 2.53. The third kappa shape index (κ3) is 6.45. The van der Waals surface area contributed by atoms with E-state index in [1.165, 1.54) is 0 Å². The van der Waals surface area contributed by atoms with Gasteiger partial charge < -0.3 is 10.1 Å². The van der Waals surface area contributed by atoms with Crippen LogP contribution in [0.5, 0.6) is 5.75 Å². The normalized spacial score (nSPS) is 11.3. The van der Waals surface area contributed by atoms with Crippen molar-refractivity contribution in [1.29, 1.82) is 0 Å². The number of carbonyl (C=O) groups excluding carboxylic acids is 1. The minimum atomic E-state index is -3.64. The number of thioether (sulfide) groups is 1. The molecule has 6 nitrogen and oxygen atoms in total. The van der Waals surface area contributed by atoms with E-state index in [9.17, 15) is 13.2 Å². The zero-order valence-corrected chi connectivity index (χ0v) is 18.1. The topological polar surface area (TPSA) is 75.7 Å². The van der Waals surface area contributed by atoms with E-state index in [2.05, 4.69) is 5.32 Å². The molecule has 152 valence electrons. The molecule has 2 aromatic carbocycles. The summed E-state index contributed by atoms with van der Waals surface area (Å²) in [5.41, 5.74) is 1.08. The summed E-state index contributed by atoms with van der Waals surface area (Å²) < 4.78 is 31.2. The van der Waals surface area contributed by atoms with Crippen LogP contribution in [-0.4, -0.2) is 39.0 Å². The summed E-state index contributed by atoms with van der Waals surface area (Å²) in [7, 11) is -3.64. The molecule has 0 radical (unpaired) electrons. The molecule has 0 aromatic heterocycles. The number of carbonyl (C=O) groups is 1. The molecule has 2 aromatic rings. The van der Waals surface area contributed by atoms with Gasteiger partial charge in [0.05, 0.1) is 23.7 Å². The molecule has 0 saturated heterocycles. The summed E-state index contributed by atoms with van der Waals surface area (Å²) in [6.45, 7) is 5.54. The second-order valence-corrected chi connectivity index (χ2v) is 9.62. The van der Waals surface area contributed by atoms with Crippen molar-refractivity contribution in [2.24, 2.45) is 0 Å². The van der Waals surface area contributed by atoms with Gasteiger partial charge in [-0.05, 0) is 56.0 Å². The number of hydrogen-bond donors (Lipinski definition) is 1. The van der Waals surface area contributed by atoms with Crippen LogP contribution in [-0.2, 0) is 14.8 Å². The zero-order valence-electron chi connectivity index (χ0n) is 16.5. The maximum absolute atomic E-state index is 12.6. The van der Waals surface area contributed by atoms with E-state index in [0.717, 1.165) is 21.2 Å². The Hall–Kier alpha value is -2.19. The molecule has 0 saturated carbocycles. The summed E-state index contributed by atoms with van der Waals surface area (Å²) in [5, 5.41) is 2.81. The van der Waals surface area contributed by atoms with Crippen molar-refractivity contribution >= 4 is 39.1 Å². The van der Waals surface area contributed by atoms with Crippen molar-refractivity contribution < 1.29 is 17.9 Å². The lowest BCUT2D eigenvalue weighted by Crippen LogP contribution is -2.37. The van der Waals surface area contributed by atoms with Gasteiger partial charge in [0.2, 0.25) is 15.9 Å². The minimum Gasteiger partial charge on any atom is -0.491 e. The molecular formula is C20H26N2O4S2. The van der Waals surface area contributed by atoms with Crippen molar-refractivity contribution in [3.05, 3.63) is 48.5 Å². The van der Waals surface area contributed by atoms with Gasteiger partial charge in [-0.25, -0.2) is 8.42 Å². The van der Waals surface area contributed by atoms with Gasteiger partial charge in [-0.3, -0.25) is 9.10 Å². The quantitative estimate of drug-likeness (QED) is 0.619. The minimum absolute atomic E-state index is 0.0173. The highest BCUT2D eigenvalue weighted by Crippen LogP contribution is 2.27. The molecule has 28 heavy (non-hydrogen) atoms. The predicted molar refractivity (Wildman–Crippen MR) is 116 cm³/mol. The molecule has 0 unspecified atom stereocenters. The van der Waals surface area contributed by atoms with Crippen LogP contribution < -0.4 is 14.4 Å². The number of sulfonamides is 1. The van der Waals surface area contributed by atoms with Gasteiger partial charge in [-0.2, -0.15) is 0 Å². The molecule has 0 aliphatic heterocycles. The second-order valence-electron chi connectivity index (χ2n) is 6.41. The van der Waals surface area contributed by atoms with Gasteiger partial charge in [0.1, 0.15) is 12.3 Å². The first-order valence-electron chi connectivity index (χ1n) is 8.96. The van der Waals surface area contributed by atoms with E-state index in [-0.39, 0.29) is 12.6 Å². The molecular weight excluding hydrogens is 396 g/mol. The lowest BCUT2D eigenvalue weighted by atomic mass is 10.3. The number of rotatable bonds is 9. The summed E-state index contributed by atoms with van der Waals surface area (Å²) in [6, 6.07) is 14.1. The van der Waals surface area contributed by atoms with E-state index < -0.39 is 15.9 Å². The molecule has 0 aliphatic rings. The summed E-state index contributed by atoms with van der Waals surface area (Å²) in [4.78, 5) is 13.5. The maximum atomic E-state index is 12.6. The molecule has 0 bridgehead atoms. The second kappa shape index (κ2) is 9.84. The maximum Gasteiger partial charge on any atom is 0.245 e. The number of ether oxygens (including phenoxy) is 1. The van der Waals surface area contributed by atoms with Gasteiger partial charge >= 0.3 is 0 Å². The SMILES string of the molecule is CCSc1ccccc1NC(=O)CN(c1ccc(OC(C)C)cc1)S(C)(=O)=O. The van der Waals surface area contributed by atoms with Gasteiger partial charge in [0.25, 0.3) is 0 Å². The van der Waals surface area contributed by atoms with Crippen LogP contribution >= 0.6 is 11.8 Å². The number of para-hydroxylation sites is 1. The van der Waals surface area contributed by atoms with Crippen LogP contribution in [0.3, 0.4) is 0 Å². The van der Waals surface area contributed by atoms with E-state index in [0.29, 0.717) is 17.1 Å². The standard InChI is InChI=1S/C20H26N2O4S2/c1-5-27-19-9-7-6-8-18(19)21-20(23)14-22(28(4,24)25)16-10-12-17(13-11-16)26-15(2)3/h6-13,15H,5,14H2,1-4H3,(H,21,23). The highest BCUT2D eigenvalue weighted by molar-refractivity contribution is 7.99. The van der Waals surface area contributed by atoms with Gasteiger partial charge in [-0.15, -0.1) is 11.8 Å².